The fourth-order valence-electron chi connectivity index (χ4n) is 1.81. The maximum atomic E-state index is 12.2. The summed E-state index contributed by atoms with van der Waals surface area (Å²) in [5.74, 6) is 1.03. The van der Waals surface area contributed by atoms with Crippen LogP contribution in [0.4, 0.5) is 0 Å². The smallest absolute Gasteiger partial charge is 0.244 e. The molecule has 0 radical (unpaired) electrons. The second-order valence-corrected chi connectivity index (χ2v) is 6.86. The molecule has 0 aromatic carbocycles. The highest BCUT2D eigenvalue weighted by Crippen LogP contribution is 2.19. The van der Waals surface area contributed by atoms with Crippen LogP contribution in [0.3, 0.4) is 0 Å². The molecule has 0 saturated carbocycles. The first kappa shape index (κ1) is 18.2. The van der Waals surface area contributed by atoms with Crippen molar-refractivity contribution in [2.24, 2.45) is 0 Å². The van der Waals surface area contributed by atoms with Gasteiger partial charge in [-0.25, -0.2) is 13.1 Å². The molecule has 21 heavy (non-hydrogen) atoms. The normalized spacial score (nSPS) is 12.2. The Morgan fingerprint density at radius 1 is 1.33 bits per heavy atom. The number of aryl methyl sites for hydroxylation is 1. The van der Waals surface area contributed by atoms with E-state index in [2.05, 4.69) is 17.0 Å². The van der Waals surface area contributed by atoms with Crippen molar-refractivity contribution < 1.29 is 17.6 Å². The second kappa shape index (κ2) is 8.53. The molecular formula is C14H26N2O4S. The predicted molar refractivity (Wildman–Crippen MR) is 81.7 cm³/mol. The van der Waals surface area contributed by atoms with Crippen molar-refractivity contribution in [2.75, 3.05) is 19.7 Å². The minimum atomic E-state index is -3.55. The molecule has 0 amide bonds. The molecule has 1 heterocycles. The minimum absolute atomic E-state index is 0.0846. The summed E-state index contributed by atoms with van der Waals surface area (Å²) in [4.78, 5) is 0.195. The summed E-state index contributed by atoms with van der Waals surface area (Å²) in [7, 11) is -3.55. The molecule has 1 aromatic heterocycles. The fraction of sp³-hybridized carbons (Fsp3) is 0.714. The van der Waals surface area contributed by atoms with E-state index in [1.807, 2.05) is 13.8 Å². The molecule has 122 valence electrons. The molecule has 0 atom stereocenters. The van der Waals surface area contributed by atoms with Gasteiger partial charge >= 0.3 is 0 Å². The van der Waals surface area contributed by atoms with E-state index in [0.29, 0.717) is 24.7 Å². The van der Waals surface area contributed by atoms with Crippen LogP contribution in [-0.4, -0.2) is 34.2 Å². The van der Waals surface area contributed by atoms with Gasteiger partial charge in [0.15, 0.2) is 0 Å². The quantitative estimate of drug-likeness (QED) is 0.643. The van der Waals surface area contributed by atoms with E-state index in [9.17, 15) is 8.42 Å². The van der Waals surface area contributed by atoms with E-state index in [1.54, 1.807) is 13.0 Å². The zero-order chi connectivity index (χ0) is 15.9. The van der Waals surface area contributed by atoms with Gasteiger partial charge in [-0.3, -0.25) is 0 Å². The van der Waals surface area contributed by atoms with Crippen LogP contribution in [0.5, 0.6) is 0 Å². The molecular weight excluding hydrogens is 292 g/mol. The first-order valence-corrected chi connectivity index (χ1v) is 8.76. The second-order valence-electron chi connectivity index (χ2n) is 5.13. The monoisotopic (exact) mass is 318 g/mol. The lowest BCUT2D eigenvalue weighted by molar-refractivity contribution is 0.0834. The van der Waals surface area contributed by atoms with Gasteiger partial charge in [0.2, 0.25) is 10.0 Å². The zero-order valence-electron chi connectivity index (χ0n) is 13.2. The van der Waals surface area contributed by atoms with Crippen molar-refractivity contribution in [3.63, 3.8) is 0 Å². The molecule has 0 unspecified atom stereocenters. The van der Waals surface area contributed by atoms with Crippen molar-refractivity contribution in [2.45, 2.75) is 51.7 Å². The Kier molecular flexibility index (Phi) is 7.37. The van der Waals surface area contributed by atoms with Crippen LogP contribution in [-0.2, 0) is 21.3 Å². The van der Waals surface area contributed by atoms with Gasteiger partial charge in [-0.05, 0) is 33.7 Å². The minimum Gasteiger partial charge on any atom is -0.464 e. The molecule has 0 saturated heterocycles. The molecule has 6 nitrogen and oxygen atoms in total. The Balaban J connectivity index is 2.61. The summed E-state index contributed by atoms with van der Waals surface area (Å²) in [6, 6.07) is 1.57. The van der Waals surface area contributed by atoms with E-state index in [1.165, 1.54) is 0 Å². The Bertz CT molecular complexity index is 523. The van der Waals surface area contributed by atoms with Crippen LogP contribution in [0.2, 0.25) is 0 Å². The van der Waals surface area contributed by atoms with Crippen molar-refractivity contribution >= 4 is 10.0 Å². The van der Waals surface area contributed by atoms with E-state index < -0.39 is 10.0 Å². The van der Waals surface area contributed by atoms with Gasteiger partial charge in [-0.1, -0.05) is 6.92 Å². The van der Waals surface area contributed by atoms with Gasteiger partial charge in [0.25, 0.3) is 0 Å². The number of hydrogen-bond acceptors (Lipinski definition) is 5. The Morgan fingerprint density at radius 2 is 2.05 bits per heavy atom. The predicted octanol–water partition coefficient (Wildman–Crippen LogP) is 1.79. The van der Waals surface area contributed by atoms with E-state index in [0.717, 1.165) is 13.0 Å². The number of nitrogens with one attached hydrogen (secondary N) is 2. The molecule has 1 rings (SSSR count). The zero-order valence-corrected chi connectivity index (χ0v) is 14.0. The lowest BCUT2D eigenvalue weighted by Crippen LogP contribution is -2.28. The standard InChI is InChI=1S/C14H26N2O4S/c1-5-6-15-10-13-9-14(12(4)20-13)21(17,18)16-7-8-19-11(2)3/h9,11,15-16H,5-8,10H2,1-4H3. The first-order chi connectivity index (χ1) is 9.86. The van der Waals surface area contributed by atoms with Gasteiger partial charge in [0.05, 0.1) is 19.3 Å². The summed E-state index contributed by atoms with van der Waals surface area (Å²) < 4.78 is 37.7. The number of furan rings is 1. The summed E-state index contributed by atoms with van der Waals surface area (Å²) in [6.45, 7) is 9.52. The van der Waals surface area contributed by atoms with Gasteiger partial charge in [-0.2, -0.15) is 0 Å². The first-order valence-electron chi connectivity index (χ1n) is 7.28. The molecule has 0 aliphatic carbocycles. The third-order valence-electron chi connectivity index (χ3n) is 2.78. The maximum Gasteiger partial charge on any atom is 0.244 e. The average molecular weight is 318 g/mol. The van der Waals surface area contributed by atoms with Gasteiger partial charge < -0.3 is 14.5 Å². The number of hydrogen-bond donors (Lipinski definition) is 2. The Hall–Kier alpha value is -0.890. The molecule has 7 heteroatoms. The van der Waals surface area contributed by atoms with Crippen LogP contribution in [0.25, 0.3) is 0 Å². The van der Waals surface area contributed by atoms with Crippen LogP contribution in [0, 0.1) is 6.92 Å². The largest absolute Gasteiger partial charge is 0.464 e. The molecule has 1 aromatic rings. The highest BCUT2D eigenvalue weighted by molar-refractivity contribution is 7.89. The number of sulfonamides is 1. The summed E-state index contributed by atoms with van der Waals surface area (Å²) in [6.07, 6.45) is 1.10. The summed E-state index contributed by atoms with van der Waals surface area (Å²) >= 11 is 0. The fourth-order valence-corrected chi connectivity index (χ4v) is 3.03. The van der Waals surface area contributed by atoms with Gasteiger partial charge in [0.1, 0.15) is 16.4 Å². The number of rotatable bonds is 10. The topological polar surface area (TPSA) is 80.6 Å². The van der Waals surface area contributed by atoms with Gasteiger partial charge in [0, 0.05) is 12.6 Å². The molecule has 0 bridgehead atoms. The van der Waals surface area contributed by atoms with Crippen LogP contribution < -0.4 is 10.0 Å². The van der Waals surface area contributed by atoms with Crippen molar-refractivity contribution in [3.8, 4) is 0 Å². The van der Waals surface area contributed by atoms with Crippen molar-refractivity contribution in [3.05, 3.63) is 17.6 Å². The van der Waals surface area contributed by atoms with Crippen LogP contribution in [0.15, 0.2) is 15.4 Å². The van der Waals surface area contributed by atoms with E-state index in [-0.39, 0.29) is 17.5 Å². The molecule has 2 N–H and O–H groups in total. The lowest BCUT2D eigenvalue weighted by atomic mass is 10.4. The Morgan fingerprint density at radius 3 is 2.67 bits per heavy atom. The number of ether oxygens (including phenoxy) is 1. The molecule has 0 fully saturated rings. The molecule has 0 aliphatic rings. The van der Waals surface area contributed by atoms with Gasteiger partial charge in [-0.15, -0.1) is 0 Å². The highest BCUT2D eigenvalue weighted by Gasteiger charge is 2.20. The van der Waals surface area contributed by atoms with Crippen LogP contribution >= 0.6 is 0 Å². The molecule has 0 aliphatic heterocycles. The summed E-state index contributed by atoms with van der Waals surface area (Å²) in [5, 5.41) is 3.18. The Labute approximate surface area is 127 Å². The van der Waals surface area contributed by atoms with Crippen LogP contribution in [0.1, 0.15) is 38.7 Å². The molecule has 0 spiro atoms. The average Bonchev–Trinajstić information content (AvgIpc) is 2.77. The van der Waals surface area contributed by atoms with E-state index >= 15 is 0 Å². The summed E-state index contributed by atoms with van der Waals surface area (Å²) in [5.41, 5.74) is 0. The SMILES string of the molecule is CCCNCc1cc(S(=O)(=O)NCCOC(C)C)c(C)o1. The van der Waals surface area contributed by atoms with Crippen molar-refractivity contribution in [1.29, 1.82) is 0 Å². The highest BCUT2D eigenvalue weighted by atomic mass is 32.2. The third-order valence-corrected chi connectivity index (χ3v) is 4.35. The van der Waals surface area contributed by atoms with Crippen molar-refractivity contribution in [1.82, 2.24) is 10.0 Å². The lowest BCUT2D eigenvalue weighted by Gasteiger charge is -2.08. The maximum absolute atomic E-state index is 12.2. The third kappa shape index (κ3) is 6.17. The van der Waals surface area contributed by atoms with E-state index in [4.69, 9.17) is 9.15 Å².